The van der Waals surface area contributed by atoms with Gasteiger partial charge < -0.3 is 0 Å². The van der Waals surface area contributed by atoms with Crippen LogP contribution in [0.5, 0.6) is 0 Å². The highest BCUT2D eigenvalue weighted by molar-refractivity contribution is 8.14. The van der Waals surface area contributed by atoms with Crippen molar-refractivity contribution in [3.63, 3.8) is 0 Å². The molecular formula is C17H18OS. The molecule has 0 aliphatic carbocycles. The molecule has 0 aliphatic heterocycles. The molecular weight excluding hydrogens is 252 g/mol. The lowest BCUT2D eigenvalue weighted by Crippen LogP contribution is -1.99. The number of benzene rings is 2. The first kappa shape index (κ1) is 13.9. The van der Waals surface area contributed by atoms with Crippen LogP contribution in [0.4, 0.5) is 0 Å². The maximum absolute atomic E-state index is 12.2. The van der Waals surface area contributed by atoms with Crippen LogP contribution in [0.15, 0.2) is 48.5 Å². The Hall–Kier alpha value is -1.54. The second-order valence-corrected chi connectivity index (χ2v) is 5.51. The van der Waals surface area contributed by atoms with Crippen LogP contribution in [-0.4, -0.2) is 10.9 Å². The number of hydrogen-bond donors (Lipinski definition) is 0. The molecule has 0 heterocycles. The summed E-state index contributed by atoms with van der Waals surface area (Å²) in [6.07, 6.45) is 0.972. The van der Waals surface area contributed by atoms with Gasteiger partial charge in [-0.25, -0.2) is 0 Å². The van der Waals surface area contributed by atoms with Crippen LogP contribution in [0.3, 0.4) is 0 Å². The third-order valence-corrected chi connectivity index (χ3v) is 3.88. The Bertz CT molecular complexity index is 575. The zero-order valence-corrected chi connectivity index (χ0v) is 12.2. The number of carbonyl (C=O) groups excluding carboxylic acids is 1. The molecule has 1 nitrogen and oxygen atoms in total. The fourth-order valence-corrected chi connectivity index (χ4v) is 2.79. The molecule has 0 amide bonds. The van der Waals surface area contributed by atoms with E-state index >= 15 is 0 Å². The third-order valence-electron chi connectivity index (χ3n) is 3.11. The minimum absolute atomic E-state index is 0.156. The molecule has 0 aliphatic rings. The van der Waals surface area contributed by atoms with Gasteiger partial charge in [-0.1, -0.05) is 68.1 Å². The highest BCUT2D eigenvalue weighted by Gasteiger charge is 2.13. The molecule has 0 spiro atoms. The minimum atomic E-state index is 0.156. The average Bonchev–Trinajstić information content (AvgIpc) is 2.47. The quantitative estimate of drug-likeness (QED) is 0.793. The monoisotopic (exact) mass is 270 g/mol. The van der Waals surface area contributed by atoms with Crippen molar-refractivity contribution in [2.24, 2.45) is 0 Å². The van der Waals surface area contributed by atoms with Crippen molar-refractivity contribution in [1.29, 1.82) is 0 Å². The normalized spacial score (nSPS) is 10.4. The molecule has 0 fully saturated rings. The zero-order valence-electron chi connectivity index (χ0n) is 11.3. The van der Waals surface area contributed by atoms with Crippen LogP contribution in [0.1, 0.15) is 29.8 Å². The van der Waals surface area contributed by atoms with Crippen molar-refractivity contribution in [3.8, 4) is 11.1 Å². The van der Waals surface area contributed by atoms with E-state index in [9.17, 15) is 4.79 Å². The van der Waals surface area contributed by atoms with E-state index in [0.717, 1.165) is 23.3 Å². The lowest BCUT2D eigenvalue weighted by Gasteiger charge is -2.11. The highest BCUT2D eigenvalue weighted by Crippen LogP contribution is 2.29. The number of rotatable bonds is 4. The van der Waals surface area contributed by atoms with Crippen LogP contribution < -0.4 is 0 Å². The van der Waals surface area contributed by atoms with E-state index in [1.165, 1.54) is 22.9 Å². The Kier molecular flexibility index (Phi) is 4.80. The van der Waals surface area contributed by atoms with E-state index in [2.05, 4.69) is 19.1 Å². The number of aryl methyl sites for hydroxylation is 1. The molecule has 2 heteroatoms. The molecule has 98 valence electrons. The van der Waals surface area contributed by atoms with Crippen molar-refractivity contribution in [1.82, 2.24) is 0 Å². The molecule has 0 aromatic heterocycles. The van der Waals surface area contributed by atoms with Gasteiger partial charge in [0.2, 0.25) is 5.12 Å². The Labute approximate surface area is 119 Å². The van der Waals surface area contributed by atoms with E-state index in [1.54, 1.807) is 0 Å². The van der Waals surface area contributed by atoms with E-state index in [1.807, 2.05) is 43.3 Å². The van der Waals surface area contributed by atoms with Crippen LogP contribution in [0.2, 0.25) is 0 Å². The maximum atomic E-state index is 12.2. The summed E-state index contributed by atoms with van der Waals surface area (Å²) >= 11 is 1.37. The number of carbonyl (C=O) groups is 1. The number of hydrogen-bond acceptors (Lipinski definition) is 2. The van der Waals surface area contributed by atoms with Crippen LogP contribution >= 0.6 is 11.8 Å². The van der Waals surface area contributed by atoms with Gasteiger partial charge in [0.15, 0.2) is 0 Å². The molecule has 2 rings (SSSR count). The SMILES string of the molecule is CCSC(=O)c1ccccc1-c1ccccc1CC. The predicted molar refractivity (Wildman–Crippen MR) is 83.7 cm³/mol. The fraction of sp³-hybridized carbons (Fsp3) is 0.235. The minimum Gasteiger partial charge on any atom is -0.282 e. The smallest absolute Gasteiger partial charge is 0.219 e. The van der Waals surface area contributed by atoms with Crippen LogP contribution in [0, 0.1) is 0 Å². The first-order valence-corrected chi connectivity index (χ1v) is 7.60. The van der Waals surface area contributed by atoms with Crippen molar-refractivity contribution >= 4 is 16.9 Å². The summed E-state index contributed by atoms with van der Waals surface area (Å²) in [7, 11) is 0. The Morgan fingerprint density at radius 1 is 0.947 bits per heavy atom. The highest BCUT2D eigenvalue weighted by atomic mass is 32.2. The maximum Gasteiger partial charge on any atom is 0.219 e. The molecule has 0 atom stereocenters. The average molecular weight is 270 g/mol. The Morgan fingerprint density at radius 3 is 2.26 bits per heavy atom. The van der Waals surface area contributed by atoms with Gasteiger partial charge in [-0.3, -0.25) is 4.79 Å². The zero-order chi connectivity index (χ0) is 13.7. The predicted octanol–water partition coefficient (Wildman–Crippen LogP) is 4.81. The standard InChI is InChI=1S/C17H18OS/c1-3-13-9-5-6-10-14(13)15-11-7-8-12-16(15)17(18)19-4-2/h5-12H,3-4H2,1-2H3. The fourth-order valence-electron chi connectivity index (χ4n) is 2.20. The molecule has 19 heavy (non-hydrogen) atoms. The third kappa shape index (κ3) is 3.07. The summed E-state index contributed by atoms with van der Waals surface area (Å²) in [5.41, 5.74) is 4.32. The summed E-state index contributed by atoms with van der Waals surface area (Å²) in [5.74, 6) is 0.808. The lowest BCUT2D eigenvalue weighted by molar-refractivity contribution is 0.108. The molecule has 2 aromatic carbocycles. The van der Waals surface area contributed by atoms with Crippen molar-refractivity contribution in [3.05, 3.63) is 59.7 Å². The van der Waals surface area contributed by atoms with Gasteiger partial charge in [-0.05, 0) is 34.9 Å². The van der Waals surface area contributed by atoms with E-state index < -0.39 is 0 Å². The second kappa shape index (κ2) is 6.58. The molecule has 0 unspecified atom stereocenters. The largest absolute Gasteiger partial charge is 0.282 e. The van der Waals surface area contributed by atoms with Crippen molar-refractivity contribution < 1.29 is 4.79 Å². The van der Waals surface area contributed by atoms with E-state index in [-0.39, 0.29) is 5.12 Å². The van der Waals surface area contributed by atoms with E-state index in [4.69, 9.17) is 0 Å². The van der Waals surface area contributed by atoms with E-state index in [0.29, 0.717) is 0 Å². The van der Waals surface area contributed by atoms with Crippen molar-refractivity contribution in [2.45, 2.75) is 20.3 Å². The van der Waals surface area contributed by atoms with Crippen LogP contribution in [0.25, 0.3) is 11.1 Å². The van der Waals surface area contributed by atoms with Gasteiger partial charge in [0.05, 0.1) is 0 Å². The molecule has 0 N–H and O–H groups in total. The molecule has 2 aromatic rings. The topological polar surface area (TPSA) is 17.1 Å². The van der Waals surface area contributed by atoms with Gasteiger partial charge in [0, 0.05) is 5.56 Å². The molecule has 0 radical (unpaired) electrons. The van der Waals surface area contributed by atoms with Gasteiger partial charge in [0.1, 0.15) is 0 Å². The second-order valence-electron chi connectivity index (χ2n) is 4.28. The number of thioether (sulfide) groups is 1. The van der Waals surface area contributed by atoms with Gasteiger partial charge in [0.25, 0.3) is 0 Å². The van der Waals surface area contributed by atoms with Gasteiger partial charge >= 0.3 is 0 Å². The lowest BCUT2D eigenvalue weighted by atomic mass is 9.95. The summed E-state index contributed by atoms with van der Waals surface area (Å²) in [6.45, 7) is 4.15. The molecule has 0 bridgehead atoms. The summed E-state index contributed by atoms with van der Waals surface area (Å²) in [5, 5.41) is 0.156. The Morgan fingerprint density at radius 2 is 1.58 bits per heavy atom. The van der Waals surface area contributed by atoms with Crippen molar-refractivity contribution in [2.75, 3.05) is 5.75 Å². The Balaban J connectivity index is 2.53. The summed E-state index contributed by atoms with van der Waals surface area (Å²) in [4.78, 5) is 12.2. The van der Waals surface area contributed by atoms with Gasteiger partial charge in [-0.2, -0.15) is 0 Å². The van der Waals surface area contributed by atoms with Crippen LogP contribution in [-0.2, 0) is 6.42 Å². The molecule has 0 saturated heterocycles. The first-order chi connectivity index (χ1) is 9.27. The first-order valence-electron chi connectivity index (χ1n) is 6.62. The molecule has 0 saturated carbocycles. The van der Waals surface area contributed by atoms with Gasteiger partial charge in [-0.15, -0.1) is 0 Å². The summed E-state index contributed by atoms with van der Waals surface area (Å²) in [6, 6.07) is 16.2. The summed E-state index contributed by atoms with van der Waals surface area (Å²) < 4.78 is 0.